The summed E-state index contributed by atoms with van der Waals surface area (Å²) in [7, 11) is 2.09. The van der Waals surface area contributed by atoms with E-state index in [0.717, 1.165) is 10.5 Å². The molecule has 1 nitrogen and oxygen atoms in total. The van der Waals surface area contributed by atoms with Gasteiger partial charge in [-0.3, -0.25) is 0 Å². The number of rotatable bonds is 0. The van der Waals surface area contributed by atoms with E-state index in [4.69, 9.17) is 11.6 Å². The largest absolute Gasteiger partial charge is 0.231 e. The van der Waals surface area contributed by atoms with E-state index in [0.29, 0.717) is 0 Å². The number of pyridine rings is 1. The third kappa shape index (κ3) is 1.50. The van der Waals surface area contributed by atoms with Crippen LogP contribution in [0.3, 0.4) is 0 Å². The monoisotopic (exact) mass is 284 g/mol. The van der Waals surface area contributed by atoms with Gasteiger partial charge in [-0.15, -0.1) is 11.3 Å². The number of hydrogen-bond acceptors (Lipinski definition) is 1. The van der Waals surface area contributed by atoms with Crippen molar-refractivity contribution >= 4 is 54.1 Å². The molecule has 2 aromatic carbocycles. The number of aromatic nitrogens is 1. The number of thiophene rings is 1. The van der Waals surface area contributed by atoms with Gasteiger partial charge in [0.05, 0.1) is 5.39 Å². The number of halogens is 1. The van der Waals surface area contributed by atoms with Gasteiger partial charge >= 0.3 is 0 Å². The minimum absolute atomic E-state index is 0.803. The predicted molar refractivity (Wildman–Crippen MR) is 83.0 cm³/mol. The maximum Gasteiger partial charge on any atom is 0.231 e. The molecule has 92 valence electrons. The number of aryl methyl sites for hydroxylation is 1. The van der Waals surface area contributed by atoms with Gasteiger partial charge in [0.25, 0.3) is 0 Å². The standard InChI is InChI=1S/C16H11ClNS/c1-18-15-10(5-4-7-12(15)17)9-14-16(18)11-6-2-3-8-13(11)19-14/h2-9H,1H3/q+1. The van der Waals surface area contributed by atoms with Crippen molar-refractivity contribution in [3.8, 4) is 0 Å². The molecule has 0 saturated carbocycles. The van der Waals surface area contributed by atoms with Crippen LogP contribution in [0.25, 0.3) is 31.2 Å². The highest BCUT2D eigenvalue weighted by atomic mass is 35.5. The van der Waals surface area contributed by atoms with Crippen molar-refractivity contribution < 1.29 is 4.57 Å². The summed E-state index contributed by atoms with van der Waals surface area (Å²) >= 11 is 8.20. The molecule has 0 spiro atoms. The molecule has 0 bridgehead atoms. The van der Waals surface area contributed by atoms with Gasteiger partial charge < -0.3 is 0 Å². The molecule has 0 aliphatic carbocycles. The first-order valence-corrected chi connectivity index (χ1v) is 7.33. The Balaban J connectivity index is 2.35. The molecule has 0 saturated heterocycles. The van der Waals surface area contributed by atoms with Crippen molar-refractivity contribution in [2.45, 2.75) is 0 Å². The van der Waals surface area contributed by atoms with Gasteiger partial charge in [0.15, 0.2) is 0 Å². The fraction of sp³-hybridized carbons (Fsp3) is 0.0625. The SMILES string of the molecule is C[n+]1c2c(Cl)cccc2cc2sc3ccccc3c21. The van der Waals surface area contributed by atoms with Crippen LogP contribution in [0.2, 0.25) is 5.02 Å². The average molecular weight is 285 g/mol. The highest BCUT2D eigenvalue weighted by Gasteiger charge is 2.18. The lowest BCUT2D eigenvalue weighted by molar-refractivity contribution is -0.616. The van der Waals surface area contributed by atoms with Crippen molar-refractivity contribution in [2.75, 3.05) is 0 Å². The maximum absolute atomic E-state index is 6.36. The van der Waals surface area contributed by atoms with Gasteiger partial charge in [0.1, 0.15) is 16.8 Å². The van der Waals surface area contributed by atoms with Crippen LogP contribution in [-0.4, -0.2) is 0 Å². The Hall–Kier alpha value is -1.64. The summed E-state index contributed by atoms with van der Waals surface area (Å²) in [5, 5.41) is 3.29. The van der Waals surface area contributed by atoms with Crippen molar-refractivity contribution in [3.05, 3.63) is 53.6 Å². The van der Waals surface area contributed by atoms with E-state index in [9.17, 15) is 0 Å². The van der Waals surface area contributed by atoms with Crippen LogP contribution in [0.4, 0.5) is 0 Å². The minimum atomic E-state index is 0.803. The summed E-state index contributed by atoms with van der Waals surface area (Å²) in [6.07, 6.45) is 0. The molecular weight excluding hydrogens is 274 g/mol. The van der Waals surface area contributed by atoms with Gasteiger partial charge in [-0.25, -0.2) is 0 Å². The molecule has 4 aromatic rings. The van der Waals surface area contributed by atoms with Crippen LogP contribution < -0.4 is 4.57 Å². The normalized spacial score (nSPS) is 11.7. The van der Waals surface area contributed by atoms with Crippen LogP contribution >= 0.6 is 22.9 Å². The third-order valence-electron chi connectivity index (χ3n) is 3.57. The summed E-state index contributed by atoms with van der Waals surface area (Å²) in [5.41, 5.74) is 2.36. The average Bonchev–Trinajstić information content (AvgIpc) is 2.77. The summed E-state index contributed by atoms with van der Waals surface area (Å²) in [4.78, 5) is 0. The van der Waals surface area contributed by atoms with E-state index in [1.165, 1.54) is 25.7 Å². The van der Waals surface area contributed by atoms with E-state index >= 15 is 0 Å². The molecule has 3 heteroatoms. The van der Waals surface area contributed by atoms with Crippen LogP contribution in [0.5, 0.6) is 0 Å². The molecule has 4 rings (SSSR count). The van der Waals surface area contributed by atoms with Crippen LogP contribution in [0, 0.1) is 0 Å². The number of fused-ring (bicyclic) bond motifs is 4. The van der Waals surface area contributed by atoms with Gasteiger partial charge in [-0.05, 0) is 30.3 Å². The van der Waals surface area contributed by atoms with Crippen LogP contribution in [-0.2, 0) is 7.05 Å². The second-order valence-electron chi connectivity index (χ2n) is 4.69. The van der Waals surface area contributed by atoms with Crippen molar-refractivity contribution in [3.63, 3.8) is 0 Å². The van der Waals surface area contributed by atoms with Gasteiger partial charge in [-0.2, -0.15) is 4.57 Å². The Morgan fingerprint density at radius 1 is 0.947 bits per heavy atom. The zero-order valence-corrected chi connectivity index (χ0v) is 11.9. The van der Waals surface area contributed by atoms with E-state index in [-0.39, 0.29) is 0 Å². The fourth-order valence-electron chi connectivity index (χ4n) is 2.75. The zero-order valence-electron chi connectivity index (χ0n) is 10.4. The third-order valence-corrected chi connectivity index (χ3v) is 4.98. The van der Waals surface area contributed by atoms with Crippen molar-refractivity contribution in [1.82, 2.24) is 0 Å². The first kappa shape index (κ1) is 11.2. The maximum atomic E-state index is 6.36. The van der Waals surface area contributed by atoms with Crippen LogP contribution in [0.15, 0.2) is 48.5 Å². The quantitative estimate of drug-likeness (QED) is 0.413. The number of nitrogens with zero attached hydrogens (tertiary/aromatic N) is 1. The van der Waals surface area contributed by atoms with Gasteiger partial charge in [0, 0.05) is 10.1 Å². The Kier molecular flexibility index (Phi) is 2.32. The molecule has 0 aliphatic heterocycles. The first-order chi connectivity index (χ1) is 9.25. The lowest BCUT2D eigenvalue weighted by atomic mass is 10.1. The smallest absolute Gasteiger partial charge is 0.192 e. The molecule has 19 heavy (non-hydrogen) atoms. The second kappa shape index (κ2) is 3.92. The summed E-state index contributed by atoms with van der Waals surface area (Å²) in [5.74, 6) is 0. The molecule has 0 N–H and O–H groups in total. The Labute approximate surface area is 119 Å². The molecular formula is C16H11ClNS+. The highest BCUT2D eigenvalue weighted by molar-refractivity contribution is 7.25. The molecule has 0 radical (unpaired) electrons. The van der Waals surface area contributed by atoms with E-state index in [1.54, 1.807) is 0 Å². The summed E-state index contributed by atoms with van der Waals surface area (Å²) in [6.45, 7) is 0. The van der Waals surface area contributed by atoms with E-state index < -0.39 is 0 Å². The Morgan fingerprint density at radius 2 is 1.79 bits per heavy atom. The van der Waals surface area contributed by atoms with Gasteiger partial charge in [0.2, 0.25) is 11.0 Å². The van der Waals surface area contributed by atoms with Crippen molar-refractivity contribution in [1.29, 1.82) is 0 Å². The van der Waals surface area contributed by atoms with E-state index in [1.807, 2.05) is 23.5 Å². The molecule has 0 amide bonds. The highest BCUT2D eigenvalue weighted by Crippen LogP contribution is 2.34. The van der Waals surface area contributed by atoms with Crippen LogP contribution in [0.1, 0.15) is 0 Å². The first-order valence-electron chi connectivity index (χ1n) is 6.14. The molecule has 0 atom stereocenters. The lowest BCUT2D eigenvalue weighted by Gasteiger charge is -2.00. The minimum Gasteiger partial charge on any atom is -0.192 e. The second-order valence-corrected chi connectivity index (χ2v) is 6.18. The molecule has 2 aromatic heterocycles. The number of hydrogen-bond donors (Lipinski definition) is 0. The molecule has 2 heterocycles. The Morgan fingerprint density at radius 3 is 2.68 bits per heavy atom. The molecule has 0 aliphatic rings. The fourth-order valence-corrected chi connectivity index (χ4v) is 4.25. The van der Waals surface area contributed by atoms with Gasteiger partial charge in [-0.1, -0.05) is 29.8 Å². The number of para-hydroxylation sites is 1. The van der Waals surface area contributed by atoms with E-state index in [2.05, 4.69) is 48.0 Å². The predicted octanol–water partition coefficient (Wildman–Crippen LogP) is 4.69. The lowest BCUT2D eigenvalue weighted by Crippen LogP contribution is -2.29. The number of benzene rings is 2. The topological polar surface area (TPSA) is 3.88 Å². The summed E-state index contributed by atoms with van der Waals surface area (Å²) in [6, 6.07) is 16.8. The zero-order chi connectivity index (χ0) is 13.0. The molecule has 0 unspecified atom stereocenters. The molecule has 0 fully saturated rings. The van der Waals surface area contributed by atoms with Crippen molar-refractivity contribution in [2.24, 2.45) is 7.05 Å². The Bertz CT molecular complexity index is 940. The summed E-state index contributed by atoms with van der Waals surface area (Å²) < 4.78 is 4.84.